The summed E-state index contributed by atoms with van der Waals surface area (Å²) in [4.78, 5) is 10.9. The van der Waals surface area contributed by atoms with Crippen LogP contribution in [0.4, 0.5) is 22.0 Å². The Morgan fingerprint density at radius 2 is 1.55 bits per heavy atom. The highest BCUT2D eigenvalue weighted by molar-refractivity contribution is 5.84. The minimum absolute atomic E-state index is 0.409. The van der Waals surface area contributed by atoms with Gasteiger partial charge in [-0.25, -0.2) is 0 Å². The van der Waals surface area contributed by atoms with E-state index < -0.39 is 24.6 Å². The molecule has 0 saturated heterocycles. The number of benzene rings is 1. The van der Waals surface area contributed by atoms with Gasteiger partial charge in [-0.05, 0) is 24.1 Å². The third kappa shape index (κ3) is 3.89. The predicted octanol–water partition coefficient (Wildman–Crippen LogP) is 2.00. The second kappa shape index (κ2) is 6.17. The Balaban J connectivity index is 2.61. The molecule has 3 N–H and O–H groups in total. The number of nitrogens with one attached hydrogen (secondary N) is 1. The van der Waals surface area contributed by atoms with E-state index in [-0.39, 0.29) is 0 Å². The quantitative estimate of drug-likeness (QED) is 0.817. The van der Waals surface area contributed by atoms with Gasteiger partial charge in [0.15, 0.2) is 0 Å². The lowest BCUT2D eigenvalue weighted by molar-refractivity contribution is -0.269. The van der Waals surface area contributed by atoms with Crippen molar-refractivity contribution in [3.8, 4) is 0 Å². The first-order valence-electron chi connectivity index (χ1n) is 5.69. The number of carbonyl (C=O) groups excluding carboxylic acids is 1. The van der Waals surface area contributed by atoms with E-state index in [1.165, 1.54) is 12.1 Å². The number of nitrogens with two attached hydrogens (primary N) is 1. The van der Waals surface area contributed by atoms with Gasteiger partial charge in [0.2, 0.25) is 0 Å². The summed E-state index contributed by atoms with van der Waals surface area (Å²) in [6.45, 7) is 0.0291. The lowest BCUT2D eigenvalue weighted by atomic mass is 10.1. The monoisotopic (exact) mass is 296 g/mol. The van der Waals surface area contributed by atoms with Crippen LogP contribution in [0.15, 0.2) is 24.3 Å². The zero-order valence-electron chi connectivity index (χ0n) is 10.3. The van der Waals surface area contributed by atoms with E-state index in [1.807, 2.05) is 0 Å². The van der Waals surface area contributed by atoms with Gasteiger partial charge < -0.3 is 11.1 Å². The Hall–Kier alpha value is -1.70. The second-order valence-corrected chi connectivity index (χ2v) is 4.11. The number of hydrogen-bond acceptors (Lipinski definition) is 2. The Morgan fingerprint density at radius 1 is 1.05 bits per heavy atom. The zero-order chi connectivity index (χ0) is 15.4. The van der Waals surface area contributed by atoms with Gasteiger partial charge in [-0.3, -0.25) is 4.79 Å². The van der Waals surface area contributed by atoms with E-state index in [9.17, 15) is 26.7 Å². The van der Waals surface area contributed by atoms with Crippen molar-refractivity contribution in [3.63, 3.8) is 0 Å². The smallest absolute Gasteiger partial charge is 0.346 e. The number of halogens is 5. The SMILES string of the molecule is NCCc1ccc(CNC(=O)C(F)(F)C(F)(F)F)cc1. The van der Waals surface area contributed by atoms with Crippen molar-refractivity contribution in [2.24, 2.45) is 5.73 Å². The molecule has 1 aromatic carbocycles. The highest BCUT2D eigenvalue weighted by atomic mass is 19.4. The Kier molecular flexibility index (Phi) is 5.04. The lowest BCUT2D eigenvalue weighted by Crippen LogP contribution is -2.50. The van der Waals surface area contributed by atoms with Crippen molar-refractivity contribution in [1.82, 2.24) is 5.32 Å². The van der Waals surface area contributed by atoms with Crippen LogP contribution in [0, 0.1) is 0 Å². The van der Waals surface area contributed by atoms with Gasteiger partial charge in [0, 0.05) is 6.54 Å². The first-order valence-corrected chi connectivity index (χ1v) is 5.69. The Bertz CT molecular complexity index is 456. The first-order chi connectivity index (χ1) is 9.18. The summed E-state index contributed by atoms with van der Waals surface area (Å²) in [5, 5.41) is 1.56. The molecule has 0 spiro atoms. The van der Waals surface area contributed by atoms with Gasteiger partial charge in [0.25, 0.3) is 0 Å². The van der Waals surface area contributed by atoms with Crippen LogP contribution in [0.5, 0.6) is 0 Å². The lowest BCUT2D eigenvalue weighted by Gasteiger charge is -2.18. The third-order valence-electron chi connectivity index (χ3n) is 2.55. The summed E-state index contributed by atoms with van der Waals surface area (Å²) in [6, 6.07) is 6.38. The molecule has 0 heterocycles. The fourth-order valence-corrected chi connectivity index (χ4v) is 1.41. The molecular weight excluding hydrogens is 283 g/mol. The first kappa shape index (κ1) is 16.4. The molecule has 0 saturated carbocycles. The van der Waals surface area contributed by atoms with Crippen LogP contribution in [0.3, 0.4) is 0 Å². The topological polar surface area (TPSA) is 55.1 Å². The largest absolute Gasteiger partial charge is 0.463 e. The number of rotatable bonds is 5. The molecule has 0 fully saturated rings. The van der Waals surface area contributed by atoms with Gasteiger partial charge in [0.1, 0.15) is 0 Å². The van der Waals surface area contributed by atoms with Crippen LogP contribution in [0.25, 0.3) is 0 Å². The van der Waals surface area contributed by atoms with Crippen molar-refractivity contribution >= 4 is 5.91 Å². The molecule has 8 heteroatoms. The average molecular weight is 296 g/mol. The molecule has 112 valence electrons. The van der Waals surface area contributed by atoms with Crippen molar-refractivity contribution < 1.29 is 26.7 Å². The molecule has 0 aliphatic rings. The molecule has 0 bridgehead atoms. The molecule has 1 amide bonds. The van der Waals surface area contributed by atoms with Gasteiger partial charge in [0.05, 0.1) is 0 Å². The summed E-state index contributed by atoms with van der Waals surface area (Å²) in [5.41, 5.74) is 6.66. The molecule has 0 aromatic heterocycles. The molecule has 0 aliphatic carbocycles. The zero-order valence-corrected chi connectivity index (χ0v) is 10.3. The molecular formula is C12H13F5N2O. The van der Waals surface area contributed by atoms with Crippen molar-refractivity contribution in [2.75, 3.05) is 6.54 Å². The minimum Gasteiger partial charge on any atom is -0.346 e. The fraction of sp³-hybridized carbons (Fsp3) is 0.417. The molecule has 1 rings (SSSR count). The second-order valence-electron chi connectivity index (χ2n) is 4.11. The van der Waals surface area contributed by atoms with E-state index >= 15 is 0 Å². The van der Waals surface area contributed by atoms with Crippen LogP contribution in [-0.2, 0) is 17.8 Å². The van der Waals surface area contributed by atoms with Crippen LogP contribution >= 0.6 is 0 Å². The maximum Gasteiger partial charge on any atom is 0.463 e. The standard InChI is InChI=1S/C12H13F5N2O/c13-11(14,12(15,16)17)10(20)19-7-9-3-1-8(2-4-9)5-6-18/h1-4H,5-7,18H2,(H,19,20). The normalized spacial score (nSPS) is 12.3. The summed E-state index contributed by atoms with van der Waals surface area (Å²) in [7, 11) is 0. The number of carbonyl (C=O) groups is 1. The van der Waals surface area contributed by atoms with Crippen LogP contribution in [-0.4, -0.2) is 24.6 Å². The Morgan fingerprint density at radius 3 is 2.00 bits per heavy atom. The Labute approximate surface area is 112 Å². The van der Waals surface area contributed by atoms with Crippen LogP contribution in [0.2, 0.25) is 0 Å². The molecule has 20 heavy (non-hydrogen) atoms. The fourth-order valence-electron chi connectivity index (χ4n) is 1.41. The minimum atomic E-state index is -5.90. The van der Waals surface area contributed by atoms with Crippen molar-refractivity contribution in [3.05, 3.63) is 35.4 Å². The van der Waals surface area contributed by atoms with Crippen molar-refractivity contribution in [1.29, 1.82) is 0 Å². The number of alkyl halides is 5. The van der Waals surface area contributed by atoms with E-state index in [0.717, 1.165) is 5.56 Å². The molecule has 0 unspecified atom stereocenters. The summed E-state index contributed by atoms with van der Waals surface area (Å²) >= 11 is 0. The maximum atomic E-state index is 12.6. The number of amides is 1. The van der Waals surface area contributed by atoms with Gasteiger partial charge >= 0.3 is 18.0 Å². The van der Waals surface area contributed by atoms with Gasteiger partial charge in [-0.2, -0.15) is 22.0 Å². The highest BCUT2D eigenvalue weighted by Crippen LogP contribution is 2.35. The third-order valence-corrected chi connectivity index (χ3v) is 2.55. The molecule has 3 nitrogen and oxygen atoms in total. The van der Waals surface area contributed by atoms with E-state index in [2.05, 4.69) is 0 Å². The molecule has 0 atom stereocenters. The van der Waals surface area contributed by atoms with Crippen LogP contribution < -0.4 is 11.1 Å². The highest BCUT2D eigenvalue weighted by Gasteiger charge is 2.63. The van der Waals surface area contributed by atoms with Gasteiger partial charge in [-0.1, -0.05) is 24.3 Å². The van der Waals surface area contributed by atoms with E-state index in [4.69, 9.17) is 5.73 Å². The predicted molar refractivity (Wildman–Crippen MR) is 62.0 cm³/mol. The molecule has 1 aromatic rings. The van der Waals surface area contributed by atoms with Crippen molar-refractivity contribution in [2.45, 2.75) is 25.1 Å². The summed E-state index contributed by atoms with van der Waals surface area (Å²) in [5.74, 6) is -7.76. The summed E-state index contributed by atoms with van der Waals surface area (Å²) in [6.07, 6.45) is -5.28. The van der Waals surface area contributed by atoms with Gasteiger partial charge in [-0.15, -0.1) is 0 Å². The number of hydrogen-bond donors (Lipinski definition) is 2. The maximum absolute atomic E-state index is 12.6. The molecule has 0 radical (unpaired) electrons. The van der Waals surface area contributed by atoms with E-state index in [1.54, 1.807) is 17.4 Å². The van der Waals surface area contributed by atoms with Crippen LogP contribution in [0.1, 0.15) is 11.1 Å². The average Bonchev–Trinajstić information content (AvgIpc) is 2.36. The summed E-state index contributed by atoms with van der Waals surface area (Å²) < 4.78 is 61.1. The van der Waals surface area contributed by atoms with E-state index in [0.29, 0.717) is 18.5 Å². The molecule has 0 aliphatic heterocycles.